The van der Waals surface area contributed by atoms with Crippen LogP contribution in [0, 0.1) is 5.82 Å². The number of ether oxygens (including phenoxy) is 1. The van der Waals surface area contributed by atoms with Gasteiger partial charge in [-0.1, -0.05) is 13.5 Å². The van der Waals surface area contributed by atoms with Gasteiger partial charge in [0.1, 0.15) is 29.2 Å². The monoisotopic (exact) mass is 578 g/mol. The van der Waals surface area contributed by atoms with Gasteiger partial charge >= 0.3 is 0 Å². The highest BCUT2D eigenvalue weighted by Gasteiger charge is 2.30. The second-order valence-electron chi connectivity index (χ2n) is 10.4. The molecule has 1 atom stereocenters. The maximum absolute atomic E-state index is 14.4. The molecule has 222 valence electrons. The fraction of sp³-hybridized carbons (Fsp3) is 0.367. The van der Waals surface area contributed by atoms with Crippen LogP contribution in [0.15, 0.2) is 48.7 Å². The van der Waals surface area contributed by atoms with Gasteiger partial charge in [0.05, 0.1) is 29.4 Å². The van der Waals surface area contributed by atoms with Gasteiger partial charge in [-0.2, -0.15) is 9.97 Å². The number of methoxy groups -OCH3 is 1. The molecule has 2 saturated heterocycles. The number of halogens is 2. The SMILES string of the molecule is C.COc1cc(N2CCC(N3CC[C@H](F)C3)CC2)ccc1Nc1nc(Nc2cccc(F)c2C(N)=O)c2cc[nH]c2n1. The summed E-state index contributed by atoms with van der Waals surface area (Å²) in [5, 5.41) is 6.92. The van der Waals surface area contributed by atoms with Crippen molar-refractivity contribution >= 4 is 45.8 Å². The van der Waals surface area contributed by atoms with Crippen molar-refractivity contribution in [3.05, 3.63) is 60.0 Å². The minimum atomic E-state index is -0.887. The van der Waals surface area contributed by atoms with Gasteiger partial charge in [-0.15, -0.1) is 0 Å². The van der Waals surface area contributed by atoms with Crippen molar-refractivity contribution < 1.29 is 18.3 Å². The van der Waals surface area contributed by atoms with E-state index in [0.717, 1.165) is 38.2 Å². The molecule has 1 amide bonds. The van der Waals surface area contributed by atoms with Gasteiger partial charge in [-0.05, 0) is 49.6 Å². The van der Waals surface area contributed by atoms with Crippen LogP contribution in [0.5, 0.6) is 5.75 Å². The number of anilines is 5. The van der Waals surface area contributed by atoms with E-state index in [4.69, 9.17) is 10.5 Å². The Labute approximate surface area is 243 Å². The van der Waals surface area contributed by atoms with E-state index in [0.29, 0.717) is 47.3 Å². The maximum atomic E-state index is 14.4. The van der Waals surface area contributed by atoms with E-state index in [9.17, 15) is 13.6 Å². The second kappa shape index (κ2) is 12.2. The molecule has 0 spiro atoms. The van der Waals surface area contributed by atoms with Gasteiger partial charge in [0, 0.05) is 50.2 Å². The highest BCUT2D eigenvalue weighted by molar-refractivity contribution is 6.01. The predicted octanol–water partition coefficient (Wildman–Crippen LogP) is 5.34. The number of aromatic amines is 1. The number of hydrogen-bond donors (Lipinski definition) is 4. The minimum absolute atomic E-state index is 0. The molecule has 0 aliphatic carbocycles. The maximum Gasteiger partial charge on any atom is 0.253 e. The smallest absolute Gasteiger partial charge is 0.253 e. The van der Waals surface area contributed by atoms with Crippen LogP contribution in [-0.4, -0.2) is 71.3 Å². The molecule has 4 aromatic rings. The number of alkyl halides is 1. The molecule has 0 unspecified atom stereocenters. The van der Waals surface area contributed by atoms with Crippen molar-refractivity contribution in [2.24, 2.45) is 5.73 Å². The first-order valence-corrected chi connectivity index (χ1v) is 13.7. The van der Waals surface area contributed by atoms with E-state index < -0.39 is 17.9 Å². The second-order valence-corrected chi connectivity index (χ2v) is 10.4. The summed E-state index contributed by atoms with van der Waals surface area (Å²) in [6.07, 6.45) is 3.66. The number of rotatable bonds is 8. The number of amides is 1. The molecule has 0 saturated carbocycles. The van der Waals surface area contributed by atoms with Crippen LogP contribution < -0.4 is 26.0 Å². The summed E-state index contributed by atoms with van der Waals surface area (Å²) in [4.78, 5) is 28.8. The number of carbonyl (C=O) groups excluding carboxylic acids is 1. The zero-order valence-corrected chi connectivity index (χ0v) is 22.7. The molecule has 2 aliphatic heterocycles. The summed E-state index contributed by atoms with van der Waals surface area (Å²) in [6.45, 7) is 3.19. The zero-order chi connectivity index (χ0) is 28.5. The van der Waals surface area contributed by atoms with Gasteiger partial charge in [0.2, 0.25) is 5.95 Å². The Balaban J connectivity index is 0.00000353. The van der Waals surface area contributed by atoms with E-state index in [1.54, 1.807) is 25.4 Å². The molecule has 0 radical (unpaired) electrons. The number of nitrogens with one attached hydrogen (secondary N) is 3. The van der Waals surface area contributed by atoms with Crippen molar-refractivity contribution in [1.82, 2.24) is 19.9 Å². The Kier molecular flexibility index (Phi) is 8.44. The fourth-order valence-corrected chi connectivity index (χ4v) is 5.76. The van der Waals surface area contributed by atoms with Crippen LogP contribution in [0.25, 0.3) is 11.0 Å². The average Bonchev–Trinajstić information content (AvgIpc) is 3.62. The summed E-state index contributed by atoms with van der Waals surface area (Å²) in [6, 6.07) is 12.4. The molecule has 10 nitrogen and oxygen atoms in total. The fourth-order valence-electron chi connectivity index (χ4n) is 5.76. The number of fused-ring (bicyclic) bond motifs is 1. The molecule has 2 aliphatic rings. The number of carbonyl (C=O) groups is 1. The largest absolute Gasteiger partial charge is 0.494 e. The predicted molar refractivity (Wildman–Crippen MR) is 161 cm³/mol. The van der Waals surface area contributed by atoms with Crippen LogP contribution in [0.2, 0.25) is 0 Å². The first-order chi connectivity index (χ1) is 19.9. The van der Waals surface area contributed by atoms with Crippen LogP contribution in [0.3, 0.4) is 0 Å². The van der Waals surface area contributed by atoms with Crippen LogP contribution in [0.1, 0.15) is 37.0 Å². The first kappa shape index (κ1) is 29.1. The summed E-state index contributed by atoms with van der Waals surface area (Å²) in [5.74, 6) is -0.360. The third-order valence-corrected chi connectivity index (χ3v) is 7.87. The zero-order valence-electron chi connectivity index (χ0n) is 22.7. The van der Waals surface area contributed by atoms with E-state index in [-0.39, 0.29) is 24.6 Å². The van der Waals surface area contributed by atoms with Crippen molar-refractivity contribution in [2.45, 2.75) is 38.9 Å². The first-order valence-electron chi connectivity index (χ1n) is 13.7. The Hall–Kier alpha value is -4.45. The van der Waals surface area contributed by atoms with Crippen molar-refractivity contribution in [1.29, 1.82) is 0 Å². The topological polar surface area (TPSA) is 124 Å². The van der Waals surface area contributed by atoms with E-state index in [1.807, 2.05) is 18.2 Å². The summed E-state index contributed by atoms with van der Waals surface area (Å²) < 4.78 is 33.7. The number of H-pyrrole nitrogens is 1. The van der Waals surface area contributed by atoms with E-state index in [1.165, 1.54) is 12.1 Å². The number of piperidine rings is 1. The molecule has 2 fully saturated rings. The highest BCUT2D eigenvalue weighted by Crippen LogP contribution is 2.35. The molecule has 2 aromatic heterocycles. The lowest BCUT2D eigenvalue weighted by atomic mass is 10.0. The third-order valence-electron chi connectivity index (χ3n) is 7.87. The summed E-state index contributed by atoms with van der Waals surface area (Å²) in [7, 11) is 1.61. The molecule has 4 heterocycles. The highest BCUT2D eigenvalue weighted by atomic mass is 19.1. The number of nitrogens with zero attached hydrogens (tertiary/aromatic N) is 4. The van der Waals surface area contributed by atoms with Gasteiger partial charge in [-0.3, -0.25) is 9.69 Å². The van der Waals surface area contributed by atoms with Gasteiger partial charge < -0.3 is 31.0 Å². The number of hydrogen-bond acceptors (Lipinski definition) is 8. The molecular formula is C30H36F2N8O2. The number of nitrogens with two attached hydrogens (primary N) is 1. The molecule has 6 rings (SSSR count). The van der Waals surface area contributed by atoms with E-state index in [2.05, 4.69) is 35.4 Å². The number of benzene rings is 2. The van der Waals surface area contributed by atoms with Gasteiger partial charge in [0.25, 0.3) is 5.91 Å². The van der Waals surface area contributed by atoms with Crippen molar-refractivity contribution in [3.63, 3.8) is 0 Å². The third kappa shape index (κ3) is 5.80. The molecule has 2 aromatic carbocycles. The molecule has 0 bridgehead atoms. The Morgan fingerprint density at radius 1 is 1.07 bits per heavy atom. The summed E-state index contributed by atoms with van der Waals surface area (Å²) in [5.41, 5.74) is 7.62. The lowest BCUT2D eigenvalue weighted by Gasteiger charge is -2.38. The number of primary amides is 1. The molecule has 42 heavy (non-hydrogen) atoms. The van der Waals surface area contributed by atoms with E-state index >= 15 is 0 Å². The lowest BCUT2D eigenvalue weighted by molar-refractivity contribution is 0.0997. The summed E-state index contributed by atoms with van der Waals surface area (Å²) >= 11 is 0. The lowest BCUT2D eigenvalue weighted by Crippen LogP contribution is -2.44. The number of aromatic nitrogens is 3. The molecule has 12 heteroatoms. The molecular weight excluding hydrogens is 542 g/mol. The van der Waals surface area contributed by atoms with Crippen molar-refractivity contribution in [3.8, 4) is 5.75 Å². The van der Waals surface area contributed by atoms with Gasteiger partial charge in [0.15, 0.2) is 0 Å². The van der Waals surface area contributed by atoms with Crippen molar-refractivity contribution in [2.75, 3.05) is 48.8 Å². The quantitative estimate of drug-likeness (QED) is 0.221. The standard InChI is InChI=1S/C29H32F2N8O2.CH4/c1-41-24-15-19(38-13-9-18(10-14-38)39-12-8-17(30)16-39)5-6-22(24)35-29-36-27-20(7-11-33-27)28(37-29)34-23-4-2-3-21(31)25(23)26(32)40;/h2-7,11,15,17-18H,8-10,12-14,16H2,1H3,(H2,32,40)(H3,33,34,35,36,37);1H4/t17-;/m0./s1. The number of likely N-dealkylation sites (tertiary alicyclic amines) is 1. The van der Waals surface area contributed by atoms with Gasteiger partial charge in [-0.25, -0.2) is 8.78 Å². The minimum Gasteiger partial charge on any atom is -0.494 e. The molecule has 5 N–H and O–H groups in total. The Morgan fingerprint density at radius 3 is 2.60 bits per heavy atom. The normalized spacial score (nSPS) is 17.7. The van der Waals surface area contributed by atoms with Crippen LogP contribution in [-0.2, 0) is 0 Å². The van der Waals surface area contributed by atoms with Crippen LogP contribution >= 0.6 is 0 Å². The Bertz CT molecular complexity index is 1570. The Morgan fingerprint density at radius 2 is 1.88 bits per heavy atom. The average molecular weight is 579 g/mol. The van der Waals surface area contributed by atoms with Crippen LogP contribution in [0.4, 0.5) is 37.6 Å².